The van der Waals surface area contributed by atoms with Crippen LogP contribution in [0.5, 0.6) is 11.5 Å². The van der Waals surface area contributed by atoms with Gasteiger partial charge in [0.25, 0.3) is 5.56 Å². The number of H-pyrrole nitrogens is 1. The summed E-state index contributed by atoms with van der Waals surface area (Å²) in [6.45, 7) is 0. The quantitative estimate of drug-likeness (QED) is 0.681. The smallest absolute Gasteiger partial charge is 0.262 e. The standard InChI is InChI=1S/C17H22N2O3S/c1-21-14-9-12-13(10-15(14)22-2)18-17(23)19(16(12)20)11-7-5-3-4-6-8-11/h9-11H,3-8H2,1-2H3,(H,18,23). The fraction of sp³-hybridized carbons (Fsp3) is 0.529. The molecule has 1 aromatic carbocycles. The predicted octanol–water partition coefficient (Wildman–Crippen LogP) is 3.97. The monoisotopic (exact) mass is 334 g/mol. The van der Waals surface area contributed by atoms with Crippen LogP contribution in [-0.2, 0) is 0 Å². The summed E-state index contributed by atoms with van der Waals surface area (Å²) >= 11 is 5.47. The molecule has 1 aliphatic carbocycles. The van der Waals surface area contributed by atoms with Crippen LogP contribution in [-0.4, -0.2) is 23.8 Å². The lowest BCUT2D eigenvalue weighted by molar-refractivity contribution is 0.355. The van der Waals surface area contributed by atoms with Gasteiger partial charge in [0.05, 0.1) is 25.1 Å². The van der Waals surface area contributed by atoms with Gasteiger partial charge in [-0.05, 0) is 31.1 Å². The van der Waals surface area contributed by atoms with Crippen LogP contribution >= 0.6 is 12.2 Å². The third-order valence-electron chi connectivity index (χ3n) is 4.62. The van der Waals surface area contributed by atoms with E-state index in [1.54, 1.807) is 30.9 Å². The molecule has 0 saturated heterocycles. The van der Waals surface area contributed by atoms with Gasteiger partial charge in [0, 0.05) is 12.1 Å². The average Bonchev–Trinajstić information content (AvgIpc) is 2.83. The number of nitrogens with zero attached hydrogens (tertiary/aromatic N) is 1. The largest absolute Gasteiger partial charge is 0.493 e. The number of methoxy groups -OCH3 is 2. The molecular weight excluding hydrogens is 312 g/mol. The fourth-order valence-corrected chi connectivity index (χ4v) is 3.75. The highest BCUT2D eigenvalue weighted by atomic mass is 32.1. The number of nitrogens with one attached hydrogen (secondary N) is 1. The van der Waals surface area contributed by atoms with Crippen molar-refractivity contribution in [2.75, 3.05) is 14.2 Å². The van der Waals surface area contributed by atoms with Gasteiger partial charge in [-0.3, -0.25) is 9.36 Å². The zero-order valence-corrected chi connectivity index (χ0v) is 14.4. The number of fused-ring (bicyclic) bond motifs is 1. The first kappa shape index (κ1) is 16.1. The number of aromatic amines is 1. The normalized spacial score (nSPS) is 16.3. The molecule has 0 amide bonds. The van der Waals surface area contributed by atoms with Crippen molar-refractivity contribution in [1.82, 2.24) is 9.55 Å². The third kappa shape index (κ3) is 3.00. The molecule has 0 spiro atoms. The highest BCUT2D eigenvalue weighted by molar-refractivity contribution is 7.71. The molecule has 2 aromatic rings. The van der Waals surface area contributed by atoms with Crippen LogP contribution in [0.3, 0.4) is 0 Å². The molecule has 6 heteroatoms. The van der Waals surface area contributed by atoms with Crippen molar-refractivity contribution < 1.29 is 9.47 Å². The Bertz CT molecular complexity index is 817. The molecule has 0 atom stereocenters. The highest BCUT2D eigenvalue weighted by Gasteiger charge is 2.19. The number of aromatic nitrogens is 2. The van der Waals surface area contributed by atoms with Gasteiger partial charge in [-0.2, -0.15) is 0 Å². The summed E-state index contributed by atoms with van der Waals surface area (Å²) in [5.74, 6) is 1.13. The maximum atomic E-state index is 13.0. The van der Waals surface area contributed by atoms with E-state index >= 15 is 0 Å². The molecule has 1 N–H and O–H groups in total. The van der Waals surface area contributed by atoms with Gasteiger partial charge in [-0.1, -0.05) is 25.7 Å². The molecule has 0 radical (unpaired) electrons. The van der Waals surface area contributed by atoms with Gasteiger partial charge in [0.2, 0.25) is 0 Å². The molecule has 1 fully saturated rings. The summed E-state index contributed by atoms with van der Waals surface area (Å²) in [5, 5.41) is 0.584. The Labute approximate surface area is 140 Å². The van der Waals surface area contributed by atoms with Crippen LogP contribution in [0.2, 0.25) is 0 Å². The first-order chi connectivity index (χ1) is 11.2. The van der Waals surface area contributed by atoms with Gasteiger partial charge in [-0.25, -0.2) is 0 Å². The Morgan fingerprint density at radius 1 is 1.09 bits per heavy atom. The molecule has 124 valence electrons. The Hall–Kier alpha value is -1.82. The maximum Gasteiger partial charge on any atom is 0.262 e. The summed E-state index contributed by atoms with van der Waals surface area (Å²) in [5.41, 5.74) is 0.638. The number of ether oxygens (including phenoxy) is 2. The van der Waals surface area contributed by atoms with E-state index in [-0.39, 0.29) is 11.6 Å². The van der Waals surface area contributed by atoms with Crippen molar-refractivity contribution in [3.05, 3.63) is 27.3 Å². The van der Waals surface area contributed by atoms with Crippen molar-refractivity contribution in [3.63, 3.8) is 0 Å². The molecule has 1 saturated carbocycles. The number of hydrogen-bond acceptors (Lipinski definition) is 4. The van der Waals surface area contributed by atoms with Crippen LogP contribution in [0.15, 0.2) is 16.9 Å². The fourth-order valence-electron chi connectivity index (χ4n) is 3.40. The molecule has 0 unspecified atom stereocenters. The van der Waals surface area contributed by atoms with Crippen molar-refractivity contribution >= 4 is 23.1 Å². The summed E-state index contributed by atoms with van der Waals surface area (Å²) < 4.78 is 12.9. The van der Waals surface area contributed by atoms with Crippen molar-refractivity contribution in [1.29, 1.82) is 0 Å². The van der Waals surface area contributed by atoms with Crippen LogP contribution in [0.4, 0.5) is 0 Å². The summed E-state index contributed by atoms with van der Waals surface area (Å²) in [7, 11) is 3.14. The molecule has 5 nitrogen and oxygen atoms in total. The van der Waals surface area contributed by atoms with E-state index in [0.29, 0.717) is 27.2 Å². The number of benzene rings is 1. The van der Waals surface area contributed by atoms with E-state index in [9.17, 15) is 4.79 Å². The second-order valence-corrected chi connectivity index (χ2v) is 6.39. The van der Waals surface area contributed by atoms with E-state index in [2.05, 4.69) is 4.98 Å². The highest BCUT2D eigenvalue weighted by Crippen LogP contribution is 2.31. The van der Waals surface area contributed by atoms with Gasteiger partial charge >= 0.3 is 0 Å². The predicted molar refractivity (Wildman–Crippen MR) is 93.2 cm³/mol. The molecule has 0 bridgehead atoms. The van der Waals surface area contributed by atoms with Crippen molar-refractivity contribution in [3.8, 4) is 11.5 Å². The maximum absolute atomic E-state index is 13.0. The Balaban J connectivity index is 2.20. The molecule has 0 aliphatic heterocycles. The van der Waals surface area contributed by atoms with E-state index in [1.165, 1.54) is 12.8 Å². The summed E-state index contributed by atoms with van der Waals surface area (Å²) in [6, 6.07) is 3.68. The first-order valence-corrected chi connectivity index (χ1v) is 8.47. The van der Waals surface area contributed by atoms with Crippen LogP contribution in [0.25, 0.3) is 10.9 Å². The van der Waals surface area contributed by atoms with E-state index in [1.807, 2.05) is 0 Å². The SMILES string of the molecule is COc1cc2[nH]c(=S)n(C3CCCCCC3)c(=O)c2cc1OC. The lowest BCUT2D eigenvalue weighted by Crippen LogP contribution is -2.26. The number of hydrogen-bond donors (Lipinski definition) is 1. The molecule has 3 rings (SSSR count). The van der Waals surface area contributed by atoms with Gasteiger partial charge in [0.1, 0.15) is 0 Å². The Morgan fingerprint density at radius 2 is 1.70 bits per heavy atom. The topological polar surface area (TPSA) is 56.2 Å². The Morgan fingerprint density at radius 3 is 2.30 bits per heavy atom. The van der Waals surface area contributed by atoms with Gasteiger partial charge in [-0.15, -0.1) is 0 Å². The van der Waals surface area contributed by atoms with E-state index in [0.717, 1.165) is 25.7 Å². The number of rotatable bonds is 3. The minimum Gasteiger partial charge on any atom is -0.493 e. The minimum atomic E-state index is -0.0448. The molecular formula is C17H22N2O3S. The lowest BCUT2D eigenvalue weighted by Gasteiger charge is -2.19. The second kappa shape index (κ2) is 6.74. The Kier molecular flexibility index (Phi) is 4.71. The first-order valence-electron chi connectivity index (χ1n) is 8.06. The third-order valence-corrected chi connectivity index (χ3v) is 4.92. The van der Waals surface area contributed by atoms with Crippen molar-refractivity contribution in [2.24, 2.45) is 0 Å². The van der Waals surface area contributed by atoms with Gasteiger partial charge in [0.15, 0.2) is 16.3 Å². The van der Waals surface area contributed by atoms with Crippen molar-refractivity contribution in [2.45, 2.75) is 44.6 Å². The minimum absolute atomic E-state index is 0.0448. The van der Waals surface area contributed by atoms with Crippen LogP contribution in [0, 0.1) is 4.77 Å². The van der Waals surface area contributed by atoms with E-state index < -0.39 is 0 Å². The van der Waals surface area contributed by atoms with E-state index in [4.69, 9.17) is 21.7 Å². The summed E-state index contributed by atoms with van der Waals surface area (Å²) in [4.78, 5) is 16.2. The molecule has 23 heavy (non-hydrogen) atoms. The molecule has 1 aromatic heterocycles. The summed E-state index contributed by atoms with van der Waals surface area (Å²) in [6.07, 6.45) is 6.79. The zero-order valence-electron chi connectivity index (χ0n) is 13.6. The molecule has 1 aliphatic rings. The zero-order chi connectivity index (χ0) is 16.4. The van der Waals surface area contributed by atoms with Crippen LogP contribution in [0.1, 0.15) is 44.6 Å². The lowest BCUT2D eigenvalue weighted by atomic mass is 10.1. The second-order valence-electron chi connectivity index (χ2n) is 6.00. The van der Waals surface area contributed by atoms with Gasteiger partial charge < -0.3 is 14.5 Å². The molecule has 1 heterocycles. The van der Waals surface area contributed by atoms with Crippen LogP contribution < -0.4 is 15.0 Å². The average molecular weight is 334 g/mol.